The standard InChI is InChI=1S/C15H22N2O2/c1-12(9-16-10-14-5-4-8-18-14)17(3)11-15-7-6-13(2)19-15/h4-8,12,16H,9-11H2,1-3H3. The van der Waals surface area contributed by atoms with Gasteiger partial charge in [-0.25, -0.2) is 0 Å². The number of nitrogens with one attached hydrogen (secondary N) is 1. The first-order valence-corrected chi connectivity index (χ1v) is 6.64. The minimum Gasteiger partial charge on any atom is -0.468 e. The second-order valence-corrected chi connectivity index (χ2v) is 4.99. The molecule has 2 heterocycles. The van der Waals surface area contributed by atoms with Gasteiger partial charge in [0.15, 0.2) is 0 Å². The molecule has 4 heteroatoms. The molecule has 0 aliphatic heterocycles. The number of hydrogen-bond donors (Lipinski definition) is 1. The topological polar surface area (TPSA) is 41.5 Å². The van der Waals surface area contributed by atoms with Crippen LogP contribution in [0.2, 0.25) is 0 Å². The molecule has 0 saturated heterocycles. The molecular formula is C15H22N2O2. The summed E-state index contributed by atoms with van der Waals surface area (Å²) in [6, 6.07) is 8.36. The van der Waals surface area contributed by atoms with Crippen LogP contribution in [-0.2, 0) is 13.1 Å². The highest BCUT2D eigenvalue weighted by molar-refractivity contribution is 5.05. The molecule has 0 bridgehead atoms. The maximum atomic E-state index is 5.59. The van der Waals surface area contributed by atoms with E-state index < -0.39 is 0 Å². The molecule has 0 fully saturated rings. The maximum Gasteiger partial charge on any atom is 0.118 e. The fourth-order valence-corrected chi connectivity index (χ4v) is 1.95. The average molecular weight is 262 g/mol. The van der Waals surface area contributed by atoms with Crippen molar-refractivity contribution in [2.45, 2.75) is 33.0 Å². The first kappa shape index (κ1) is 13.9. The fraction of sp³-hybridized carbons (Fsp3) is 0.467. The third kappa shape index (κ3) is 4.26. The third-order valence-electron chi connectivity index (χ3n) is 3.27. The van der Waals surface area contributed by atoms with Crippen LogP contribution in [0.5, 0.6) is 0 Å². The van der Waals surface area contributed by atoms with Gasteiger partial charge in [0.25, 0.3) is 0 Å². The van der Waals surface area contributed by atoms with Gasteiger partial charge in [-0.15, -0.1) is 0 Å². The number of hydrogen-bond acceptors (Lipinski definition) is 4. The Labute approximate surface area is 114 Å². The molecule has 2 rings (SSSR count). The van der Waals surface area contributed by atoms with E-state index in [1.165, 1.54) is 0 Å². The Hall–Kier alpha value is -1.52. The predicted octanol–water partition coefficient (Wildman–Crippen LogP) is 2.79. The van der Waals surface area contributed by atoms with Crippen LogP contribution in [0, 0.1) is 6.92 Å². The van der Waals surface area contributed by atoms with Crippen molar-refractivity contribution in [3.63, 3.8) is 0 Å². The van der Waals surface area contributed by atoms with Gasteiger partial charge in [0.05, 0.1) is 19.4 Å². The highest BCUT2D eigenvalue weighted by Crippen LogP contribution is 2.10. The number of furan rings is 2. The molecular weight excluding hydrogens is 240 g/mol. The average Bonchev–Trinajstić information content (AvgIpc) is 3.01. The smallest absolute Gasteiger partial charge is 0.118 e. The van der Waals surface area contributed by atoms with E-state index in [9.17, 15) is 0 Å². The Balaban J connectivity index is 1.71. The maximum absolute atomic E-state index is 5.59. The van der Waals surface area contributed by atoms with Crippen LogP contribution in [0.15, 0.2) is 39.4 Å². The van der Waals surface area contributed by atoms with Crippen molar-refractivity contribution in [1.82, 2.24) is 10.2 Å². The van der Waals surface area contributed by atoms with Gasteiger partial charge in [0.2, 0.25) is 0 Å². The summed E-state index contributed by atoms with van der Waals surface area (Å²) in [6.45, 7) is 6.68. The molecule has 2 aromatic heterocycles. The van der Waals surface area contributed by atoms with Crippen LogP contribution in [-0.4, -0.2) is 24.5 Å². The van der Waals surface area contributed by atoms with E-state index in [1.54, 1.807) is 6.26 Å². The zero-order chi connectivity index (χ0) is 13.7. The summed E-state index contributed by atoms with van der Waals surface area (Å²) in [7, 11) is 2.11. The summed E-state index contributed by atoms with van der Waals surface area (Å²) in [5, 5.41) is 3.39. The molecule has 0 aromatic carbocycles. The highest BCUT2D eigenvalue weighted by Gasteiger charge is 2.11. The van der Waals surface area contributed by atoms with Crippen molar-refractivity contribution >= 4 is 0 Å². The second kappa shape index (κ2) is 6.59. The van der Waals surface area contributed by atoms with Crippen LogP contribution in [0.4, 0.5) is 0 Å². The van der Waals surface area contributed by atoms with E-state index in [0.29, 0.717) is 6.04 Å². The van der Waals surface area contributed by atoms with Gasteiger partial charge in [-0.2, -0.15) is 0 Å². The Kier molecular flexibility index (Phi) is 4.82. The highest BCUT2D eigenvalue weighted by atomic mass is 16.3. The minimum absolute atomic E-state index is 0.431. The molecule has 1 N–H and O–H groups in total. The quantitative estimate of drug-likeness (QED) is 0.833. The summed E-state index contributed by atoms with van der Waals surface area (Å²) in [4.78, 5) is 2.27. The summed E-state index contributed by atoms with van der Waals surface area (Å²) < 4.78 is 10.9. The molecule has 0 radical (unpaired) electrons. The first-order valence-electron chi connectivity index (χ1n) is 6.64. The normalized spacial score (nSPS) is 13.1. The Morgan fingerprint density at radius 3 is 2.74 bits per heavy atom. The molecule has 4 nitrogen and oxygen atoms in total. The lowest BCUT2D eigenvalue weighted by molar-refractivity contribution is 0.222. The lowest BCUT2D eigenvalue weighted by Crippen LogP contribution is -2.37. The summed E-state index contributed by atoms with van der Waals surface area (Å²) in [5.74, 6) is 2.95. The van der Waals surface area contributed by atoms with Crippen LogP contribution < -0.4 is 5.32 Å². The van der Waals surface area contributed by atoms with Crippen molar-refractivity contribution < 1.29 is 8.83 Å². The molecule has 0 aliphatic carbocycles. The van der Waals surface area contributed by atoms with Gasteiger partial charge in [0, 0.05) is 12.6 Å². The van der Waals surface area contributed by atoms with Gasteiger partial charge in [-0.05, 0) is 45.2 Å². The Morgan fingerprint density at radius 1 is 1.26 bits per heavy atom. The second-order valence-electron chi connectivity index (χ2n) is 4.99. The fourth-order valence-electron chi connectivity index (χ4n) is 1.95. The van der Waals surface area contributed by atoms with Crippen molar-refractivity contribution in [2.75, 3.05) is 13.6 Å². The van der Waals surface area contributed by atoms with E-state index in [4.69, 9.17) is 8.83 Å². The number of likely N-dealkylation sites (N-methyl/N-ethyl adjacent to an activating group) is 1. The number of nitrogens with zero attached hydrogens (tertiary/aromatic N) is 1. The molecule has 0 aliphatic rings. The largest absolute Gasteiger partial charge is 0.468 e. The lowest BCUT2D eigenvalue weighted by Gasteiger charge is -2.23. The van der Waals surface area contributed by atoms with Gasteiger partial charge >= 0.3 is 0 Å². The van der Waals surface area contributed by atoms with E-state index in [2.05, 4.69) is 24.2 Å². The summed E-state index contributed by atoms with van der Waals surface area (Å²) >= 11 is 0. The molecule has 1 atom stereocenters. The third-order valence-corrected chi connectivity index (χ3v) is 3.27. The van der Waals surface area contributed by atoms with Crippen molar-refractivity contribution in [1.29, 1.82) is 0 Å². The molecule has 0 amide bonds. The van der Waals surface area contributed by atoms with Gasteiger partial charge < -0.3 is 14.2 Å². The van der Waals surface area contributed by atoms with Crippen LogP contribution in [0.1, 0.15) is 24.2 Å². The predicted molar refractivity (Wildman–Crippen MR) is 74.8 cm³/mol. The molecule has 104 valence electrons. The van der Waals surface area contributed by atoms with E-state index in [0.717, 1.165) is 36.9 Å². The number of rotatable bonds is 7. The minimum atomic E-state index is 0.431. The van der Waals surface area contributed by atoms with Crippen molar-refractivity contribution in [3.8, 4) is 0 Å². The number of aryl methyl sites for hydroxylation is 1. The van der Waals surface area contributed by atoms with Gasteiger partial charge in [-0.1, -0.05) is 0 Å². The summed E-state index contributed by atoms with van der Waals surface area (Å²) in [5.41, 5.74) is 0. The van der Waals surface area contributed by atoms with Crippen LogP contribution in [0.3, 0.4) is 0 Å². The van der Waals surface area contributed by atoms with Crippen LogP contribution >= 0.6 is 0 Å². The first-order chi connectivity index (χ1) is 9.15. The molecule has 2 aromatic rings. The Morgan fingerprint density at radius 2 is 2.11 bits per heavy atom. The SMILES string of the molecule is Cc1ccc(CN(C)C(C)CNCc2ccco2)o1. The lowest BCUT2D eigenvalue weighted by atomic mass is 10.2. The zero-order valence-electron chi connectivity index (χ0n) is 11.8. The molecule has 1 unspecified atom stereocenters. The summed E-state index contributed by atoms with van der Waals surface area (Å²) in [6.07, 6.45) is 1.70. The molecule has 0 spiro atoms. The zero-order valence-corrected chi connectivity index (χ0v) is 11.8. The van der Waals surface area contributed by atoms with Crippen LogP contribution in [0.25, 0.3) is 0 Å². The molecule has 19 heavy (non-hydrogen) atoms. The monoisotopic (exact) mass is 262 g/mol. The van der Waals surface area contributed by atoms with Crippen molar-refractivity contribution in [2.24, 2.45) is 0 Å². The van der Waals surface area contributed by atoms with E-state index in [-0.39, 0.29) is 0 Å². The van der Waals surface area contributed by atoms with Gasteiger partial charge in [-0.3, -0.25) is 4.90 Å². The molecule has 0 saturated carbocycles. The Bertz CT molecular complexity index is 476. The van der Waals surface area contributed by atoms with Gasteiger partial charge in [0.1, 0.15) is 17.3 Å². The van der Waals surface area contributed by atoms with Crippen molar-refractivity contribution in [3.05, 3.63) is 47.8 Å². The van der Waals surface area contributed by atoms with E-state index in [1.807, 2.05) is 31.2 Å². The van der Waals surface area contributed by atoms with E-state index >= 15 is 0 Å².